The van der Waals surface area contributed by atoms with E-state index < -0.39 is 6.10 Å². The van der Waals surface area contributed by atoms with Gasteiger partial charge in [0.25, 0.3) is 5.91 Å². The molecule has 5 heteroatoms. The predicted octanol–water partition coefficient (Wildman–Crippen LogP) is 2.79. The molecular formula is C21H28N2O3. The van der Waals surface area contributed by atoms with Gasteiger partial charge in [0.2, 0.25) is 5.91 Å². The number of ether oxygens (including phenoxy) is 1. The molecule has 0 unspecified atom stereocenters. The molecule has 3 rings (SSSR count). The Kier molecular flexibility index (Phi) is 5.77. The lowest BCUT2D eigenvalue weighted by Crippen LogP contribution is -2.52. The van der Waals surface area contributed by atoms with Crippen LogP contribution >= 0.6 is 0 Å². The van der Waals surface area contributed by atoms with Crippen LogP contribution in [0.2, 0.25) is 0 Å². The molecule has 0 radical (unpaired) electrons. The molecule has 0 aliphatic carbocycles. The molecule has 2 aliphatic heterocycles. The highest BCUT2D eigenvalue weighted by Gasteiger charge is 2.42. The van der Waals surface area contributed by atoms with E-state index in [1.165, 1.54) is 0 Å². The van der Waals surface area contributed by atoms with Gasteiger partial charge in [0, 0.05) is 39.7 Å². The summed E-state index contributed by atoms with van der Waals surface area (Å²) in [5, 5.41) is 0. The summed E-state index contributed by atoms with van der Waals surface area (Å²) in [6.07, 6.45) is 4.64. The van der Waals surface area contributed by atoms with Gasteiger partial charge in [-0.05, 0) is 30.2 Å². The summed E-state index contributed by atoms with van der Waals surface area (Å²) < 4.78 is 5.50. The van der Waals surface area contributed by atoms with E-state index in [0.717, 1.165) is 44.5 Å². The number of nitrogens with zero attached hydrogens (tertiary/aromatic N) is 2. The number of piperidine rings is 2. The van der Waals surface area contributed by atoms with Crippen LogP contribution in [0.5, 0.6) is 0 Å². The zero-order chi connectivity index (χ0) is 18.6. The van der Waals surface area contributed by atoms with Gasteiger partial charge in [-0.1, -0.05) is 36.4 Å². The van der Waals surface area contributed by atoms with Crippen LogP contribution in [-0.2, 0) is 14.3 Å². The fourth-order valence-corrected chi connectivity index (χ4v) is 4.21. The van der Waals surface area contributed by atoms with Crippen molar-refractivity contribution >= 4 is 11.8 Å². The van der Waals surface area contributed by atoms with Crippen LogP contribution in [0, 0.1) is 5.41 Å². The van der Waals surface area contributed by atoms with Crippen LogP contribution in [0.3, 0.4) is 0 Å². The molecule has 0 saturated carbocycles. The summed E-state index contributed by atoms with van der Waals surface area (Å²) in [6.45, 7) is 6.60. The van der Waals surface area contributed by atoms with Crippen molar-refractivity contribution in [2.75, 3.05) is 33.3 Å². The van der Waals surface area contributed by atoms with E-state index in [2.05, 4.69) is 6.58 Å². The third kappa shape index (κ3) is 3.83. The number of carbonyl (C=O) groups excluding carboxylic acids is 2. The predicted molar refractivity (Wildman–Crippen MR) is 100 cm³/mol. The van der Waals surface area contributed by atoms with Crippen molar-refractivity contribution in [2.45, 2.75) is 31.8 Å². The minimum absolute atomic E-state index is 0.0309. The molecule has 0 N–H and O–H groups in total. The van der Waals surface area contributed by atoms with Gasteiger partial charge >= 0.3 is 0 Å². The minimum atomic E-state index is -0.546. The number of hydrogen-bond acceptors (Lipinski definition) is 3. The fourth-order valence-electron chi connectivity index (χ4n) is 4.21. The van der Waals surface area contributed by atoms with Gasteiger partial charge < -0.3 is 14.5 Å². The smallest absolute Gasteiger partial charge is 0.256 e. The maximum absolute atomic E-state index is 12.9. The van der Waals surface area contributed by atoms with E-state index in [9.17, 15) is 9.59 Å². The highest BCUT2D eigenvalue weighted by molar-refractivity contribution is 5.82. The summed E-state index contributed by atoms with van der Waals surface area (Å²) in [7, 11) is 1.58. The Balaban J connectivity index is 1.63. The zero-order valence-corrected chi connectivity index (χ0v) is 15.5. The van der Waals surface area contributed by atoms with E-state index in [-0.39, 0.29) is 17.2 Å². The average Bonchev–Trinajstić information content (AvgIpc) is 2.67. The third-order valence-corrected chi connectivity index (χ3v) is 5.80. The molecule has 140 valence electrons. The minimum Gasteiger partial charge on any atom is -0.367 e. The van der Waals surface area contributed by atoms with Crippen LogP contribution in [0.15, 0.2) is 43.0 Å². The zero-order valence-electron chi connectivity index (χ0n) is 15.5. The highest BCUT2D eigenvalue weighted by Crippen LogP contribution is 2.40. The normalized spacial score (nSPS) is 20.9. The van der Waals surface area contributed by atoms with Crippen molar-refractivity contribution in [3.63, 3.8) is 0 Å². The van der Waals surface area contributed by atoms with Crippen molar-refractivity contribution in [3.8, 4) is 0 Å². The van der Waals surface area contributed by atoms with Crippen LogP contribution in [0.25, 0.3) is 0 Å². The third-order valence-electron chi connectivity index (χ3n) is 5.80. The van der Waals surface area contributed by atoms with Crippen molar-refractivity contribution < 1.29 is 14.3 Å². The number of methoxy groups -OCH3 is 1. The molecular weight excluding hydrogens is 328 g/mol. The van der Waals surface area contributed by atoms with Crippen molar-refractivity contribution in [3.05, 3.63) is 48.6 Å². The summed E-state index contributed by atoms with van der Waals surface area (Å²) in [4.78, 5) is 28.8. The molecule has 2 heterocycles. The van der Waals surface area contributed by atoms with Gasteiger partial charge in [-0.3, -0.25) is 9.59 Å². The number of likely N-dealkylation sites (tertiary alicyclic amines) is 2. The molecule has 2 saturated heterocycles. The average molecular weight is 356 g/mol. The van der Waals surface area contributed by atoms with E-state index in [4.69, 9.17) is 4.74 Å². The molecule has 2 fully saturated rings. The Hall–Kier alpha value is -2.14. The molecule has 0 aromatic heterocycles. The lowest BCUT2D eigenvalue weighted by atomic mass is 9.72. The van der Waals surface area contributed by atoms with Crippen LogP contribution in [0.1, 0.15) is 37.4 Å². The molecule has 1 atom stereocenters. The van der Waals surface area contributed by atoms with Gasteiger partial charge in [0.1, 0.15) is 0 Å². The molecule has 26 heavy (non-hydrogen) atoms. The quantitative estimate of drug-likeness (QED) is 0.762. The molecule has 1 spiro atoms. The lowest BCUT2D eigenvalue weighted by Gasteiger charge is -2.47. The monoisotopic (exact) mass is 356 g/mol. The second-order valence-corrected chi connectivity index (χ2v) is 7.41. The van der Waals surface area contributed by atoms with E-state index in [1.807, 2.05) is 40.1 Å². The van der Waals surface area contributed by atoms with Gasteiger partial charge in [-0.25, -0.2) is 0 Å². The Morgan fingerprint density at radius 1 is 1.27 bits per heavy atom. The lowest BCUT2D eigenvalue weighted by molar-refractivity contribution is -0.148. The molecule has 2 aliphatic rings. The van der Waals surface area contributed by atoms with Gasteiger partial charge in [-0.2, -0.15) is 0 Å². The number of hydrogen-bond donors (Lipinski definition) is 0. The van der Waals surface area contributed by atoms with E-state index in [1.54, 1.807) is 13.2 Å². The maximum atomic E-state index is 12.9. The first-order valence-electron chi connectivity index (χ1n) is 9.34. The fraction of sp³-hybridized carbons (Fsp3) is 0.524. The topological polar surface area (TPSA) is 49.9 Å². The van der Waals surface area contributed by atoms with Crippen molar-refractivity contribution in [2.24, 2.45) is 5.41 Å². The van der Waals surface area contributed by atoms with Crippen LogP contribution in [-0.4, -0.2) is 54.9 Å². The van der Waals surface area contributed by atoms with Gasteiger partial charge in [0.05, 0.1) is 0 Å². The Bertz CT molecular complexity index is 650. The Morgan fingerprint density at radius 3 is 2.58 bits per heavy atom. The Morgan fingerprint density at radius 2 is 1.96 bits per heavy atom. The molecule has 1 aromatic carbocycles. The number of rotatable bonds is 5. The molecule has 2 amide bonds. The summed E-state index contributed by atoms with van der Waals surface area (Å²) in [5.74, 6) is 0.251. The summed E-state index contributed by atoms with van der Waals surface area (Å²) in [5.41, 5.74) is 1.03. The first-order chi connectivity index (χ1) is 12.6. The Labute approximate surface area is 155 Å². The standard InChI is InChI=1S/C21H28N2O3/c1-3-13-23-16-21(10-9-18(23)24)11-14-22(15-12-21)20(25)19(26-2)17-7-5-4-6-8-17/h3-8,19H,1,9-16H2,2H3/t19-/m1/s1. The number of benzene rings is 1. The van der Waals surface area contributed by atoms with Crippen molar-refractivity contribution in [1.29, 1.82) is 0 Å². The van der Waals surface area contributed by atoms with E-state index in [0.29, 0.717) is 13.0 Å². The number of carbonyl (C=O) groups is 2. The largest absolute Gasteiger partial charge is 0.367 e. The summed E-state index contributed by atoms with van der Waals surface area (Å²) in [6, 6.07) is 9.64. The van der Waals surface area contributed by atoms with Gasteiger partial charge in [0.15, 0.2) is 6.10 Å². The number of amides is 2. The van der Waals surface area contributed by atoms with Crippen LogP contribution < -0.4 is 0 Å². The SMILES string of the molecule is C=CCN1CC2(CCC1=O)CCN(C(=O)[C@H](OC)c1ccccc1)CC2. The van der Waals surface area contributed by atoms with E-state index >= 15 is 0 Å². The molecule has 0 bridgehead atoms. The van der Waals surface area contributed by atoms with Crippen LogP contribution in [0.4, 0.5) is 0 Å². The van der Waals surface area contributed by atoms with Crippen molar-refractivity contribution in [1.82, 2.24) is 9.80 Å². The summed E-state index contributed by atoms with van der Waals surface area (Å²) >= 11 is 0. The second kappa shape index (κ2) is 8.04. The van der Waals surface area contributed by atoms with Gasteiger partial charge in [-0.15, -0.1) is 6.58 Å². The first-order valence-corrected chi connectivity index (χ1v) is 9.34. The molecule has 1 aromatic rings. The maximum Gasteiger partial charge on any atom is 0.256 e. The second-order valence-electron chi connectivity index (χ2n) is 7.41. The first kappa shape index (κ1) is 18.6. The highest BCUT2D eigenvalue weighted by atomic mass is 16.5. The molecule has 5 nitrogen and oxygen atoms in total.